The molecule has 1 aromatic heterocycles. The number of nitriles is 1. The van der Waals surface area contributed by atoms with Gasteiger partial charge in [0.1, 0.15) is 11.2 Å². The average Bonchev–Trinajstić information content (AvgIpc) is 2.91. The summed E-state index contributed by atoms with van der Waals surface area (Å²) in [7, 11) is 0. The van der Waals surface area contributed by atoms with E-state index in [1.54, 1.807) is 6.07 Å². The average molecular weight is 213 g/mol. The Bertz CT molecular complexity index is 391. The van der Waals surface area contributed by atoms with Crippen molar-refractivity contribution in [3.8, 4) is 6.07 Å². The highest BCUT2D eigenvalue weighted by Gasteiger charge is 2.28. The molecule has 13 heavy (non-hydrogen) atoms. The van der Waals surface area contributed by atoms with Crippen molar-refractivity contribution in [2.45, 2.75) is 18.8 Å². The minimum absolute atomic E-state index is 0.258. The van der Waals surface area contributed by atoms with Crippen molar-refractivity contribution < 1.29 is 0 Å². The maximum Gasteiger partial charge on any atom is 0.147 e. The van der Waals surface area contributed by atoms with Gasteiger partial charge in [0.2, 0.25) is 0 Å². The van der Waals surface area contributed by atoms with E-state index in [-0.39, 0.29) is 5.15 Å². The number of hydrogen-bond donors (Lipinski definition) is 0. The van der Waals surface area contributed by atoms with E-state index in [0.717, 1.165) is 18.5 Å². The van der Waals surface area contributed by atoms with Crippen molar-refractivity contribution in [1.29, 1.82) is 5.26 Å². The highest BCUT2D eigenvalue weighted by Crippen LogP contribution is 2.42. The van der Waals surface area contributed by atoms with Crippen LogP contribution >= 0.6 is 23.2 Å². The van der Waals surface area contributed by atoms with Gasteiger partial charge in [-0.1, -0.05) is 23.2 Å². The molecule has 1 heterocycles. The van der Waals surface area contributed by atoms with Crippen LogP contribution in [0.15, 0.2) is 6.07 Å². The van der Waals surface area contributed by atoms with Gasteiger partial charge in [-0.25, -0.2) is 4.98 Å². The molecular weight excluding hydrogens is 207 g/mol. The number of nitrogens with zero attached hydrogens (tertiary/aromatic N) is 2. The molecule has 2 nitrogen and oxygen atoms in total. The van der Waals surface area contributed by atoms with Gasteiger partial charge in [-0.2, -0.15) is 5.26 Å². The lowest BCUT2D eigenvalue weighted by atomic mass is 10.2. The predicted molar refractivity (Wildman–Crippen MR) is 50.9 cm³/mol. The second-order valence-corrected chi connectivity index (χ2v) is 3.85. The van der Waals surface area contributed by atoms with Gasteiger partial charge in [0.15, 0.2) is 0 Å². The molecular formula is C9H6Cl2N2. The monoisotopic (exact) mass is 212 g/mol. The van der Waals surface area contributed by atoms with Crippen LogP contribution in [0.2, 0.25) is 10.2 Å². The molecule has 0 unspecified atom stereocenters. The highest BCUT2D eigenvalue weighted by molar-refractivity contribution is 6.33. The molecule has 0 aliphatic heterocycles. The van der Waals surface area contributed by atoms with Gasteiger partial charge in [-0.05, 0) is 18.9 Å². The summed E-state index contributed by atoms with van der Waals surface area (Å²) in [5.41, 5.74) is 1.18. The first-order valence-electron chi connectivity index (χ1n) is 3.98. The van der Waals surface area contributed by atoms with Crippen LogP contribution in [0, 0.1) is 11.3 Å². The third-order valence-electron chi connectivity index (χ3n) is 2.04. The second-order valence-electron chi connectivity index (χ2n) is 3.08. The molecule has 0 spiro atoms. The SMILES string of the molecule is N#Cc1cc(Cl)c(C2CC2)nc1Cl. The van der Waals surface area contributed by atoms with Crippen molar-refractivity contribution in [3.63, 3.8) is 0 Å². The molecule has 2 rings (SSSR count). The number of aromatic nitrogens is 1. The summed E-state index contributed by atoms with van der Waals surface area (Å²) in [6, 6.07) is 3.53. The van der Waals surface area contributed by atoms with Gasteiger partial charge < -0.3 is 0 Å². The summed E-state index contributed by atoms with van der Waals surface area (Å²) < 4.78 is 0. The molecule has 0 radical (unpaired) electrons. The largest absolute Gasteiger partial charge is 0.238 e. The fourth-order valence-corrected chi connectivity index (χ4v) is 1.69. The normalized spacial score (nSPS) is 15.5. The van der Waals surface area contributed by atoms with Gasteiger partial charge in [-0.15, -0.1) is 0 Å². The van der Waals surface area contributed by atoms with Crippen LogP contribution in [-0.2, 0) is 0 Å². The van der Waals surface area contributed by atoms with Crippen molar-refractivity contribution in [1.82, 2.24) is 4.98 Å². The molecule has 1 aliphatic carbocycles. The van der Waals surface area contributed by atoms with Crippen LogP contribution in [0.5, 0.6) is 0 Å². The Morgan fingerprint density at radius 2 is 2.15 bits per heavy atom. The molecule has 1 aliphatic rings. The van der Waals surface area contributed by atoms with Gasteiger partial charge in [0.25, 0.3) is 0 Å². The van der Waals surface area contributed by atoms with Crippen molar-refractivity contribution in [2.24, 2.45) is 0 Å². The van der Waals surface area contributed by atoms with Crippen LogP contribution in [-0.4, -0.2) is 4.98 Å². The fourth-order valence-electron chi connectivity index (χ4n) is 1.20. The van der Waals surface area contributed by atoms with Crippen LogP contribution in [0.4, 0.5) is 0 Å². The van der Waals surface area contributed by atoms with Crippen LogP contribution < -0.4 is 0 Å². The molecule has 0 aromatic carbocycles. The first-order valence-corrected chi connectivity index (χ1v) is 4.74. The number of rotatable bonds is 1. The number of pyridine rings is 1. The zero-order valence-electron chi connectivity index (χ0n) is 6.72. The molecule has 66 valence electrons. The summed E-state index contributed by atoms with van der Waals surface area (Å²) in [6.45, 7) is 0. The van der Waals surface area contributed by atoms with Crippen LogP contribution in [0.1, 0.15) is 30.0 Å². The quantitative estimate of drug-likeness (QED) is 0.672. The van der Waals surface area contributed by atoms with Crippen molar-refractivity contribution >= 4 is 23.2 Å². The van der Waals surface area contributed by atoms with E-state index in [1.807, 2.05) is 6.07 Å². The van der Waals surface area contributed by atoms with Gasteiger partial charge in [-0.3, -0.25) is 0 Å². The Hall–Kier alpha value is -0.780. The van der Waals surface area contributed by atoms with Crippen LogP contribution in [0.25, 0.3) is 0 Å². The van der Waals surface area contributed by atoms with Crippen molar-refractivity contribution in [3.05, 3.63) is 27.5 Å². The molecule has 4 heteroatoms. The maximum atomic E-state index is 8.65. The lowest BCUT2D eigenvalue weighted by Gasteiger charge is -2.02. The van der Waals surface area contributed by atoms with E-state index in [2.05, 4.69) is 4.98 Å². The number of hydrogen-bond acceptors (Lipinski definition) is 2. The Morgan fingerprint density at radius 3 is 2.69 bits per heavy atom. The van der Waals surface area contributed by atoms with E-state index in [1.165, 1.54) is 0 Å². The fraction of sp³-hybridized carbons (Fsp3) is 0.333. The van der Waals surface area contributed by atoms with Crippen molar-refractivity contribution in [2.75, 3.05) is 0 Å². The second kappa shape index (κ2) is 3.17. The molecule has 0 bridgehead atoms. The lowest BCUT2D eigenvalue weighted by molar-refractivity contribution is 1.02. The predicted octanol–water partition coefficient (Wildman–Crippen LogP) is 3.14. The summed E-state index contributed by atoms with van der Waals surface area (Å²) in [6.07, 6.45) is 2.24. The van der Waals surface area contributed by atoms with E-state index in [4.69, 9.17) is 28.5 Å². The molecule has 0 N–H and O–H groups in total. The minimum atomic E-state index is 0.258. The molecule has 1 saturated carbocycles. The van der Waals surface area contributed by atoms with E-state index in [0.29, 0.717) is 16.5 Å². The molecule has 1 fully saturated rings. The molecule has 0 atom stereocenters. The molecule has 1 aromatic rings. The van der Waals surface area contributed by atoms with Gasteiger partial charge in [0.05, 0.1) is 16.3 Å². The topological polar surface area (TPSA) is 36.7 Å². The smallest absolute Gasteiger partial charge is 0.147 e. The number of halogens is 2. The summed E-state index contributed by atoms with van der Waals surface area (Å²) in [4.78, 5) is 4.12. The minimum Gasteiger partial charge on any atom is -0.238 e. The van der Waals surface area contributed by atoms with E-state index >= 15 is 0 Å². The van der Waals surface area contributed by atoms with Crippen LogP contribution in [0.3, 0.4) is 0 Å². The first kappa shape index (κ1) is 8.80. The third kappa shape index (κ3) is 1.63. The summed E-state index contributed by atoms with van der Waals surface area (Å²) >= 11 is 11.7. The van der Waals surface area contributed by atoms with E-state index in [9.17, 15) is 0 Å². The van der Waals surface area contributed by atoms with Gasteiger partial charge in [0, 0.05) is 5.92 Å². The third-order valence-corrected chi connectivity index (χ3v) is 2.63. The van der Waals surface area contributed by atoms with E-state index < -0.39 is 0 Å². The zero-order chi connectivity index (χ0) is 9.42. The standard InChI is InChI=1S/C9H6Cl2N2/c10-7-3-6(4-12)9(11)13-8(7)5-1-2-5/h3,5H,1-2H2. The van der Waals surface area contributed by atoms with Gasteiger partial charge >= 0.3 is 0 Å². The lowest BCUT2D eigenvalue weighted by Crippen LogP contribution is -1.91. The zero-order valence-corrected chi connectivity index (χ0v) is 8.23. The Kier molecular flexibility index (Phi) is 2.15. The first-order chi connectivity index (χ1) is 6.22. The molecule has 0 saturated heterocycles. The maximum absolute atomic E-state index is 8.65. The highest BCUT2D eigenvalue weighted by atomic mass is 35.5. The summed E-state index contributed by atoms with van der Waals surface area (Å²) in [5.74, 6) is 0.456. The Balaban J connectivity index is 2.50. The molecule has 0 amide bonds. The summed E-state index contributed by atoms with van der Waals surface area (Å²) in [5, 5.41) is 9.47. The Labute approximate surface area is 86.1 Å². The Morgan fingerprint density at radius 1 is 1.46 bits per heavy atom.